The van der Waals surface area contributed by atoms with E-state index in [9.17, 15) is 31.5 Å². The number of nitrogens with one attached hydrogen (secondary N) is 5. The van der Waals surface area contributed by atoms with Gasteiger partial charge in [0.25, 0.3) is 0 Å². The lowest BCUT2D eigenvalue weighted by atomic mass is 9.89. The molecule has 0 aromatic rings. The van der Waals surface area contributed by atoms with Crippen LogP contribution >= 0.6 is 11.9 Å². The van der Waals surface area contributed by atoms with Crippen molar-refractivity contribution in [1.29, 1.82) is 0 Å². The molecule has 3 saturated heterocycles. The monoisotopic (exact) mass is 489 g/mol. The summed E-state index contributed by atoms with van der Waals surface area (Å²) in [5, 5.41) is 7.26. The molecule has 4 aliphatic rings. The maximum absolute atomic E-state index is 13.2. The van der Waals surface area contributed by atoms with E-state index in [1.807, 2.05) is 0 Å². The Balaban J connectivity index is 1.29. The minimum absolute atomic E-state index is 0.116. The molecule has 182 valence electrons. The number of hydrazine groups is 1. The van der Waals surface area contributed by atoms with Crippen molar-refractivity contribution >= 4 is 23.8 Å². The van der Waals surface area contributed by atoms with Crippen LogP contribution in [-0.2, 0) is 19.1 Å². The Hall–Kier alpha value is -1.26. The van der Waals surface area contributed by atoms with Crippen molar-refractivity contribution in [2.45, 2.75) is 67.8 Å². The van der Waals surface area contributed by atoms with Crippen molar-refractivity contribution in [1.82, 2.24) is 26.2 Å². The molecule has 4 fully saturated rings. The highest BCUT2D eigenvalue weighted by Gasteiger charge is 2.52. The molecule has 9 nitrogen and oxygen atoms in total. The number of carbonyl (C=O) groups excluding carboxylic acids is 2. The van der Waals surface area contributed by atoms with Gasteiger partial charge in [-0.1, -0.05) is 0 Å². The molecule has 0 aromatic carbocycles. The largest absolute Gasteiger partial charge is 0.486 e. The summed E-state index contributed by atoms with van der Waals surface area (Å²) >= 11 is 1.01. The highest BCUT2D eigenvalue weighted by molar-refractivity contribution is 7.98. The van der Waals surface area contributed by atoms with Crippen molar-refractivity contribution in [2.75, 3.05) is 13.1 Å². The van der Waals surface area contributed by atoms with Gasteiger partial charge in [-0.15, -0.1) is 8.78 Å². The average molecular weight is 489 g/mol. The maximum Gasteiger partial charge on any atom is 0.486 e. The molecule has 2 amide bonds. The molecule has 0 aromatic heterocycles. The first-order chi connectivity index (χ1) is 15.0. The zero-order chi connectivity index (χ0) is 23.1. The minimum Gasteiger partial charge on any atom is -0.352 e. The summed E-state index contributed by atoms with van der Waals surface area (Å²) in [4.78, 5) is 28.0. The molecule has 7 atom stereocenters. The van der Waals surface area contributed by atoms with Gasteiger partial charge in [0.1, 0.15) is 11.4 Å². The second-order valence-electron chi connectivity index (χ2n) is 8.40. The predicted octanol–water partition coefficient (Wildman–Crippen LogP) is 0.344. The van der Waals surface area contributed by atoms with E-state index < -0.39 is 65.8 Å². The summed E-state index contributed by atoms with van der Waals surface area (Å²) in [5.74, 6) is -3.54. The number of rotatable bonds is 4. The minimum atomic E-state index is -4.39. The van der Waals surface area contributed by atoms with Crippen LogP contribution in [0.1, 0.15) is 25.7 Å². The molecule has 5 N–H and O–H groups in total. The van der Waals surface area contributed by atoms with Crippen LogP contribution in [0.5, 0.6) is 0 Å². The smallest absolute Gasteiger partial charge is 0.352 e. The van der Waals surface area contributed by atoms with E-state index in [1.54, 1.807) is 0 Å². The molecular formula is C17H24F5N5O4S. The van der Waals surface area contributed by atoms with Gasteiger partial charge in [-0.25, -0.2) is 5.43 Å². The average Bonchev–Trinajstić information content (AvgIpc) is 3.29. The first-order valence-electron chi connectivity index (χ1n) is 10.3. The molecule has 3 heterocycles. The number of ether oxygens (including phenoxy) is 2. The normalized spacial score (nSPS) is 39.3. The van der Waals surface area contributed by atoms with Crippen LogP contribution in [0, 0.1) is 11.8 Å². The van der Waals surface area contributed by atoms with Crippen LogP contribution in [0.25, 0.3) is 0 Å². The third-order valence-electron chi connectivity index (χ3n) is 6.11. The fourth-order valence-electron chi connectivity index (χ4n) is 4.43. The van der Waals surface area contributed by atoms with Crippen LogP contribution in [0.4, 0.5) is 22.0 Å². The fraction of sp³-hybridized carbons (Fsp3) is 0.882. The SMILES string of the molecule is O=C(NC1SNNC1C(=O)NC1CCC2OC(F)(F)OC2C1)C1CNCC(C(F)(F)F)C1. The van der Waals surface area contributed by atoms with Crippen LogP contribution in [0.15, 0.2) is 0 Å². The molecular weight excluding hydrogens is 465 g/mol. The van der Waals surface area contributed by atoms with E-state index >= 15 is 0 Å². The molecule has 0 radical (unpaired) electrons. The third kappa shape index (κ3) is 5.44. The van der Waals surface area contributed by atoms with E-state index in [0.717, 1.165) is 11.9 Å². The predicted molar refractivity (Wildman–Crippen MR) is 101 cm³/mol. The number of alkyl halides is 5. The highest BCUT2D eigenvalue weighted by atomic mass is 32.2. The van der Waals surface area contributed by atoms with E-state index in [-0.39, 0.29) is 25.9 Å². The second-order valence-corrected chi connectivity index (χ2v) is 9.34. The molecule has 7 unspecified atom stereocenters. The van der Waals surface area contributed by atoms with Gasteiger partial charge >= 0.3 is 12.5 Å². The third-order valence-corrected chi connectivity index (χ3v) is 6.99. The maximum atomic E-state index is 13.2. The van der Waals surface area contributed by atoms with Crippen molar-refractivity contribution in [3.8, 4) is 0 Å². The number of hydrogen-bond donors (Lipinski definition) is 5. The lowest BCUT2D eigenvalue weighted by Gasteiger charge is -2.32. The zero-order valence-electron chi connectivity index (χ0n) is 16.7. The van der Waals surface area contributed by atoms with Crippen molar-refractivity contribution in [3.63, 3.8) is 0 Å². The summed E-state index contributed by atoms with van der Waals surface area (Å²) in [6.45, 7) is -0.117. The number of fused-ring (bicyclic) bond motifs is 1. The van der Waals surface area contributed by atoms with Gasteiger partial charge in [-0.05, 0) is 37.6 Å². The Morgan fingerprint density at radius 2 is 1.75 bits per heavy atom. The van der Waals surface area contributed by atoms with Crippen molar-refractivity contribution in [2.24, 2.45) is 11.8 Å². The lowest BCUT2D eigenvalue weighted by molar-refractivity contribution is -0.351. The first kappa shape index (κ1) is 23.9. The van der Waals surface area contributed by atoms with E-state index in [0.29, 0.717) is 12.8 Å². The van der Waals surface area contributed by atoms with Crippen molar-refractivity contribution < 1.29 is 41.0 Å². The molecule has 32 heavy (non-hydrogen) atoms. The van der Waals surface area contributed by atoms with Gasteiger partial charge in [-0.2, -0.15) is 18.0 Å². The number of hydrogen-bond acceptors (Lipinski definition) is 8. The van der Waals surface area contributed by atoms with Gasteiger partial charge < -0.3 is 16.0 Å². The molecule has 15 heteroatoms. The van der Waals surface area contributed by atoms with Crippen LogP contribution in [0.3, 0.4) is 0 Å². The zero-order valence-corrected chi connectivity index (χ0v) is 17.5. The van der Waals surface area contributed by atoms with Gasteiger partial charge in [-0.3, -0.25) is 19.1 Å². The fourth-order valence-corrected chi connectivity index (χ4v) is 5.26. The summed E-state index contributed by atoms with van der Waals surface area (Å²) < 4.78 is 74.6. The number of carbonyl (C=O) groups is 2. The van der Waals surface area contributed by atoms with E-state index in [1.165, 1.54) is 0 Å². The lowest BCUT2D eigenvalue weighted by Crippen LogP contribution is -2.57. The van der Waals surface area contributed by atoms with Crippen LogP contribution < -0.4 is 26.2 Å². The first-order valence-corrected chi connectivity index (χ1v) is 11.2. The highest BCUT2D eigenvalue weighted by Crippen LogP contribution is 2.39. The van der Waals surface area contributed by atoms with Gasteiger partial charge in [0.2, 0.25) is 11.8 Å². The number of amides is 2. The second kappa shape index (κ2) is 9.18. The topological polar surface area (TPSA) is 113 Å². The van der Waals surface area contributed by atoms with Crippen LogP contribution in [-0.4, -0.2) is 67.0 Å². The molecule has 3 aliphatic heterocycles. The Labute approximate surface area is 184 Å². The Morgan fingerprint density at radius 3 is 2.50 bits per heavy atom. The summed E-state index contributed by atoms with van der Waals surface area (Å²) in [6.07, 6.45) is -9.03. The van der Waals surface area contributed by atoms with Gasteiger partial charge in [0.05, 0.1) is 24.0 Å². The standard InChI is InChI=1S/C17H24F5N5O4S/c18-16(19,20)8-3-7(5-23-6-8)13(28)25-15-12(26-27-32-15)14(29)24-9-1-2-10-11(4-9)31-17(21,22)30-10/h7-12,15,23,26-27H,1-6H2,(H,24,29)(H,25,28). The quantitative estimate of drug-likeness (QED) is 0.284. The molecule has 0 bridgehead atoms. The Morgan fingerprint density at radius 1 is 1.00 bits per heavy atom. The van der Waals surface area contributed by atoms with Crippen LogP contribution in [0.2, 0.25) is 0 Å². The Bertz CT molecular complexity index is 732. The Kier molecular flexibility index (Phi) is 6.85. The summed E-state index contributed by atoms with van der Waals surface area (Å²) in [7, 11) is 0. The van der Waals surface area contributed by atoms with Crippen molar-refractivity contribution in [3.05, 3.63) is 0 Å². The molecule has 1 aliphatic carbocycles. The van der Waals surface area contributed by atoms with Gasteiger partial charge in [0.15, 0.2) is 0 Å². The van der Waals surface area contributed by atoms with Gasteiger partial charge in [0, 0.05) is 19.1 Å². The molecule has 0 spiro atoms. The summed E-state index contributed by atoms with van der Waals surface area (Å²) in [5.41, 5.74) is 2.71. The number of halogens is 5. The molecule has 4 rings (SSSR count). The van der Waals surface area contributed by atoms with E-state index in [4.69, 9.17) is 0 Å². The molecule has 1 saturated carbocycles. The van der Waals surface area contributed by atoms with E-state index in [2.05, 4.69) is 35.7 Å². The number of piperidine rings is 1. The summed E-state index contributed by atoms with van der Waals surface area (Å²) in [6, 6.07) is -1.32.